The summed E-state index contributed by atoms with van der Waals surface area (Å²) in [7, 11) is -3.15. The van der Waals surface area contributed by atoms with Gasteiger partial charge in [0, 0.05) is 0 Å². The third-order valence-electron chi connectivity index (χ3n) is 4.32. The van der Waals surface area contributed by atoms with Gasteiger partial charge in [0.25, 0.3) is 0 Å². The van der Waals surface area contributed by atoms with Crippen LogP contribution in [0.5, 0.6) is 0 Å². The normalized spacial score (nSPS) is 12.1. The molecule has 0 atom stereocenters. The molecule has 0 aliphatic carbocycles. The molecule has 27 heavy (non-hydrogen) atoms. The fourth-order valence-electron chi connectivity index (χ4n) is 3.16. The van der Waals surface area contributed by atoms with Gasteiger partial charge in [0.1, 0.15) is 0 Å². The molecule has 0 heterocycles. The molecule has 0 saturated heterocycles. The third kappa shape index (κ3) is 4.65. The van der Waals surface area contributed by atoms with Crippen molar-refractivity contribution < 1.29 is 31.8 Å². The molecule has 0 bridgehead atoms. The van der Waals surface area contributed by atoms with Crippen LogP contribution in [0.1, 0.15) is 13.3 Å². The summed E-state index contributed by atoms with van der Waals surface area (Å²) in [5, 5.41) is 2.83. The number of benzene rings is 3. The fraction of sp³-hybridized carbons (Fsp3) is 0.143. The first-order valence-electron chi connectivity index (χ1n) is 9.04. The Morgan fingerprint density at radius 1 is 0.704 bits per heavy atom. The molecule has 3 rings (SSSR count). The molecule has 0 aliphatic heterocycles. The Hall–Kier alpha value is -1.57. The van der Waals surface area contributed by atoms with Gasteiger partial charge in [-0.1, -0.05) is 0 Å². The molecule has 3 aromatic rings. The van der Waals surface area contributed by atoms with Crippen LogP contribution in [0.2, 0.25) is 0 Å². The second kappa shape index (κ2) is 9.08. The predicted molar refractivity (Wildman–Crippen MR) is 106 cm³/mol. The van der Waals surface area contributed by atoms with Gasteiger partial charge in [-0.25, -0.2) is 0 Å². The number of rotatable bonds is 8. The van der Waals surface area contributed by atoms with Crippen LogP contribution in [0.4, 0.5) is 0 Å². The summed E-state index contributed by atoms with van der Waals surface area (Å²) in [5.74, 6) is 0. The minimum absolute atomic E-state index is 0.260. The Kier molecular flexibility index (Phi) is 6.79. The second-order valence-corrected chi connectivity index (χ2v) is 12.7. The van der Waals surface area contributed by atoms with Gasteiger partial charge in [-0.05, 0) is 0 Å². The summed E-state index contributed by atoms with van der Waals surface area (Å²) in [5.41, 5.74) is 0. The third-order valence-corrected chi connectivity index (χ3v) is 11.9. The van der Waals surface area contributed by atoms with Crippen molar-refractivity contribution in [1.82, 2.24) is 0 Å². The minimum atomic E-state index is -4.93. The van der Waals surface area contributed by atoms with Crippen molar-refractivity contribution in [1.29, 1.82) is 0 Å². The monoisotopic (exact) mass is 416 g/mol. The summed E-state index contributed by atoms with van der Waals surface area (Å²) < 4.78 is 33.1. The van der Waals surface area contributed by atoms with Crippen molar-refractivity contribution in [3.8, 4) is 0 Å². The fourth-order valence-corrected chi connectivity index (χ4v) is 11.5. The van der Waals surface area contributed by atoms with Gasteiger partial charge in [-0.2, -0.15) is 0 Å². The molecule has 0 aliphatic rings. The molecule has 0 fully saturated rings. The first-order chi connectivity index (χ1) is 13.1. The van der Waals surface area contributed by atoms with Gasteiger partial charge in [0.2, 0.25) is 0 Å². The maximum absolute atomic E-state index is 10.7. The van der Waals surface area contributed by atoms with Crippen LogP contribution < -0.4 is 15.6 Å². The molecular formula is C21H24O4SiTi. The molecule has 2 N–H and O–H groups in total. The zero-order chi connectivity index (χ0) is 19.2. The molecule has 3 aromatic carbocycles. The zero-order valence-corrected chi connectivity index (χ0v) is 17.8. The van der Waals surface area contributed by atoms with E-state index in [9.17, 15) is 7.38 Å². The van der Waals surface area contributed by atoms with E-state index < -0.39 is 26.5 Å². The summed E-state index contributed by atoms with van der Waals surface area (Å²) in [6, 6.07) is 29.5. The van der Waals surface area contributed by atoms with E-state index in [1.807, 2.05) is 97.9 Å². The topological polar surface area (TPSA) is 58.9 Å². The molecular weight excluding hydrogens is 392 g/mol. The van der Waals surface area contributed by atoms with E-state index in [1.165, 1.54) is 0 Å². The molecule has 0 unspecified atom stereocenters. The molecule has 0 saturated carbocycles. The van der Waals surface area contributed by atoms with Crippen LogP contribution in [0.15, 0.2) is 91.0 Å². The molecule has 140 valence electrons. The van der Waals surface area contributed by atoms with Crippen molar-refractivity contribution >= 4 is 23.9 Å². The molecule has 6 heteroatoms. The average Bonchev–Trinajstić information content (AvgIpc) is 2.72. The van der Waals surface area contributed by atoms with Crippen molar-refractivity contribution in [3.63, 3.8) is 0 Å². The Morgan fingerprint density at radius 2 is 1.07 bits per heavy atom. The van der Waals surface area contributed by atoms with Crippen molar-refractivity contribution in [2.75, 3.05) is 6.61 Å². The summed E-state index contributed by atoms with van der Waals surface area (Å²) in [6.45, 7) is 2.18. The molecule has 0 radical (unpaired) electrons. The Bertz CT molecular complexity index is 732. The van der Waals surface area contributed by atoms with E-state index in [1.54, 1.807) is 0 Å². The summed E-state index contributed by atoms with van der Waals surface area (Å²) in [4.78, 5) is 0. The van der Waals surface area contributed by atoms with E-state index in [-0.39, 0.29) is 6.61 Å². The van der Waals surface area contributed by atoms with E-state index in [4.69, 9.17) is 6.33 Å². The second-order valence-electron chi connectivity index (χ2n) is 6.28. The van der Waals surface area contributed by atoms with Crippen LogP contribution in [-0.4, -0.2) is 22.3 Å². The molecule has 0 aromatic heterocycles. The SMILES string of the molecule is CCC[O][Ti]([OH])([OH])[O][Si](c1ccccc1)(c1ccccc1)c1ccccc1. The molecule has 4 nitrogen and oxygen atoms in total. The van der Waals surface area contributed by atoms with E-state index in [0.717, 1.165) is 15.6 Å². The van der Waals surface area contributed by atoms with Crippen molar-refractivity contribution in [3.05, 3.63) is 91.0 Å². The first kappa shape index (κ1) is 20.2. The predicted octanol–water partition coefficient (Wildman–Crippen LogP) is 1.90. The van der Waals surface area contributed by atoms with Gasteiger partial charge in [0.05, 0.1) is 0 Å². The Balaban J connectivity index is 2.23. The van der Waals surface area contributed by atoms with Gasteiger partial charge in [-0.3, -0.25) is 0 Å². The van der Waals surface area contributed by atoms with Gasteiger partial charge in [0.15, 0.2) is 0 Å². The van der Waals surface area contributed by atoms with Gasteiger partial charge < -0.3 is 0 Å². The van der Waals surface area contributed by atoms with Crippen molar-refractivity contribution in [2.45, 2.75) is 13.3 Å². The molecule has 0 spiro atoms. The van der Waals surface area contributed by atoms with Crippen LogP contribution in [0.3, 0.4) is 0 Å². The average molecular weight is 416 g/mol. The maximum atomic E-state index is 10.7. The first-order valence-corrected chi connectivity index (χ1v) is 13.6. The summed E-state index contributed by atoms with van der Waals surface area (Å²) >= 11 is -4.93. The standard InChI is InChI=1S/C18H15OSi.C3H7O.2H2O.Ti/c19-20(16-10-4-1-5-11-16,17-12-6-2-7-13-17)18-14-8-3-9-15-18;1-2-3-4;;;/h1-15H;2-3H2,1H3;2*1H2;/q2*-1;;;+4/p-2. The zero-order valence-electron chi connectivity index (χ0n) is 15.3. The van der Waals surface area contributed by atoms with Crippen LogP contribution >= 0.6 is 0 Å². The Labute approximate surface area is 166 Å². The quantitative estimate of drug-likeness (QED) is 0.435. The van der Waals surface area contributed by atoms with Gasteiger partial charge in [-0.15, -0.1) is 0 Å². The van der Waals surface area contributed by atoms with E-state index in [2.05, 4.69) is 0 Å². The van der Waals surface area contributed by atoms with E-state index in [0.29, 0.717) is 6.42 Å². The van der Waals surface area contributed by atoms with Crippen LogP contribution in [0, 0.1) is 0 Å². The number of hydrogen-bond donors (Lipinski definition) is 2. The summed E-state index contributed by atoms with van der Waals surface area (Å²) in [6.07, 6.45) is 0.689. The van der Waals surface area contributed by atoms with Crippen LogP contribution in [-0.2, 0) is 24.5 Å². The Morgan fingerprint density at radius 3 is 1.41 bits per heavy atom. The van der Waals surface area contributed by atoms with Gasteiger partial charge >= 0.3 is 167 Å². The van der Waals surface area contributed by atoms with E-state index >= 15 is 0 Å². The molecule has 0 amide bonds. The number of hydrogen-bond acceptors (Lipinski definition) is 4. The van der Waals surface area contributed by atoms with Crippen molar-refractivity contribution in [2.24, 2.45) is 0 Å². The van der Waals surface area contributed by atoms with Crippen LogP contribution in [0.25, 0.3) is 0 Å².